The number of allylic oxidation sites excluding steroid dienone is 4. The first kappa shape index (κ1) is 43.1. The summed E-state index contributed by atoms with van der Waals surface area (Å²) in [5.41, 5.74) is 25.8. The Morgan fingerprint density at radius 2 is 0.812 bits per heavy atom. The Bertz CT molecular complexity index is 3090. The Kier molecular flexibility index (Phi) is 11.9. The van der Waals surface area contributed by atoms with Crippen molar-refractivity contribution in [3.8, 4) is 0 Å². The number of benzene rings is 8. The molecule has 0 bridgehead atoms. The third-order valence-corrected chi connectivity index (χ3v) is 13.3. The van der Waals surface area contributed by atoms with Gasteiger partial charge in [0.2, 0.25) is 0 Å². The summed E-state index contributed by atoms with van der Waals surface area (Å²) in [6.07, 6.45) is 6.16. The smallest absolute Gasteiger partial charge is 0.119 e. The van der Waals surface area contributed by atoms with Gasteiger partial charge < -0.3 is 41.3 Å². The maximum absolute atomic E-state index is 6.59. The number of hydrogen-bond acceptors (Lipinski definition) is 8. The van der Waals surface area contributed by atoms with Crippen LogP contribution in [-0.2, 0) is 0 Å². The molecule has 0 fully saturated rings. The zero-order valence-corrected chi connectivity index (χ0v) is 39.0. The van der Waals surface area contributed by atoms with Gasteiger partial charge in [0, 0.05) is 35.0 Å². The molecular formula is C61H56N8. The van der Waals surface area contributed by atoms with Crippen LogP contribution in [0.4, 0.5) is 68.2 Å². The summed E-state index contributed by atoms with van der Waals surface area (Å²) in [5, 5.41) is 11.7. The number of anilines is 12. The fourth-order valence-electron chi connectivity index (χ4n) is 10.2. The molecule has 2 unspecified atom stereocenters. The van der Waals surface area contributed by atoms with E-state index in [0.29, 0.717) is 6.54 Å². The van der Waals surface area contributed by atoms with Crippen LogP contribution in [0.3, 0.4) is 0 Å². The van der Waals surface area contributed by atoms with E-state index >= 15 is 0 Å². The fraction of sp³-hybridized carbons (Fsp3) is 0.115. The van der Waals surface area contributed by atoms with Crippen LogP contribution >= 0.6 is 0 Å². The predicted molar refractivity (Wildman–Crippen MR) is 289 cm³/mol. The van der Waals surface area contributed by atoms with Gasteiger partial charge in [-0.25, -0.2) is 0 Å². The molecule has 12 rings (SSSR count). The molecule has 3 aliphatic heterocycles. The molecule has 0 aromatic heterocycles. The van der Waals surface area contributed by atoms with Gasteiger partial charge in [-0.1, -0.05) is 135 Å². The second-order valence-electron chi connectivity index (χ2n) is 17.2. The molecule has 2 atom stereocenters. The van der Waals surface area contributed by atoms with E-state index < -0.39 is 0 Å². The number of nitrogens with one attached hydrogen (secondary N) is 3. The molecule has 0 saturated heterocycles. The molecule has 3 heterocycles. The van der Waals surface area contributed by atoms with Crippen molar-refractivity contribution < 1.29 is 0 Å². The summed E-state index contributed by atoms with van der Waals surface area (Å²) in [6, 6.07) is 75.4. The van der Waals surface area contributed by atoms with E-state index in [1.807, 2.05) is 19.9 Å². The summed E-state index contributed by atoms with van der Waals surface area (Å²) in [5.74, 6) is 0. The Labute approximate surface area is 406 Å². The molecule has 340 valence electrons. The predicted octanol–water partition coefficient (Wildman–Crippen LogP) is 14.8. The van der Waals surface area contributed by atoms with Gasteiger partial charge in [-0.05, 0) is 127 Å². The first-order valence-electron chi connectivity index (χ1n) is 24.2. The minimum atomic E-state index is -0.157. The Morgan fingerprint density at radius 3 is 1.22 bits per heavy atom. The molecule has 5 N–H and O–H groups in total. The zero-order chi connectivity index (χ0) is 46.7. The first-order chi connectivity index (χ1) is 34.2. The first-order valence-corrected chi connectivity index (χ1v) is 24.2. The van der Waals surface area contributed by atoms with E-state index in [1.54, 1.807) is 0 Å². The number of nitrogens with zero attached hydrogens (tertiary/aromatic N) is 4. The minimum absolute atomic E-state index is 0.0901. The molecule has 4 aliphatic rings. The van der Waals surface area contributed by atoms with Gasteiger partial charge in [-0.3, -0.25) is 0 Å². The highest BCUT2D eigenvalue weighted by Gasteiger charge is 2.35. The van der Waals surface area contributed by atoms with Crippen molar-refractivity contribution in [1.82, 2.24) is 10.6 Å². The number of rotatable bonds is 9. The Hall–Kier alpha value is -8.46. The van der Waals surface area contributed by atoms with Crippen LogP contribution in [0.1, 0.15) is 32.3 Å². The largest absolute Gasteiger partial charge is 0.375 e. The average molecular weight is 901 g/mol. The summed E-state index contributed by atoms with van der Waals surface area (Å²) in [4.78, 5) is 9.57. The van der Waals surface area contributed by atoms with Crippen LogP contribution in [0.2, 0.25) is 0 Å². The highest BCUT2D eigenvalue weighted by molar-refractivity contribution is 6.02. The van der Waals surface area contributed by atoms with Crippen LogP contribution in [0.15, 0.2) is 241 Å². The Morgan fingerprint density at radius 1 is 0.420 bits per heavy atom. The van der Waals surface area contributed by atoms with Gasteiger partial charge in [0.15, 0.2) is 0 Å². The van der Waals surface area contributed by atoms with Gasteiger partial charge in [-0.15, -0.1) is 0 Å². The van der Waals surface area contributed by atoms with Crippen molar-refractivity contribution in [3.05, 3.63) is 247 Å². The molecule has 0 amide bonds. The second kappa shape index (κ2) is 19.0. The Balaban J connectivity index is 0.00000257. The highest BCUT2D eigenvalue weighted by Crippen LogP contribution is 2.55. The number of fused-ring (bicyclic) bond motifs is 4. The molecule has 69 heavy (non-hydrogen) atoms. The standard InChI is InChI=1S/C59H50N8.C2H6/c60-40-48-59(61-43-18-4-1-5-19-43)63-58(42-34-38-47(39-35-42)67-55-30-16-12-26-51(55)65(45-22-8-3-9-23-45)52-27-13-17-31-56(52)67)57(62-48)41-32-36-46(37-33-41)66-53-28-14-10-24-49(53)64(44-20-6-2-7-21-44)50-25-11-15-29-54(50)66;1-2/h1-34,36-38,48,59,61-63H,35,39-40,60H2;1-2H3. The lowest BCUT2D eigenvalue weighted by molar-refractivity contribution is 0.447. The molecule has 8 heteroatoms. The molecule has 8 aromatic carbocycles. The van der Waals surface area contributed by atoms with E-state index in [1.165, 1.54) is 11.3 Å². The molecule has 1 aliphatic carbocycles. The molecule has 0 saturated carbocycles. The highest BCUT2D eigenvalue weighted by atomic mass is 15.3. The van der Waals surface area contributed by atoms with Gasteiger partial charge in [0.1, 0.15) is 6.17 Å². The van der Waals surface area contributed by atoms with E-state index in [2.05, 4.69) is 254 Å². The van der Waals surface area contributed by atoms with Gasteiger partial charge in [-0.2, -0.15) is 0 Å². The van der Waals surface area contributed by atoms with Crippen LogP contribution in [0.25, 0.3) is 5.70 Å². The summed E-state index contributed by atoms with van der Waals surface area (Å²) in [7, 11) is 0. The lowest BCUT2D eigenvalue weighted by Crippen LogP contribution is -2.59. The monoisotopic (exact) mass is 900 g/mol. The zero-order valence-electron chi connectivity index (χ0n) is 39.0. The molecule has 8 aromatic rings. The average Bonchev–Trinajstić information content (AvgIpc) is 3.43. The van der Waals surface area contributed by atoms with Crippen LogP contribution in [0.5, 0.6) is 0 Å². The van der Waals surface area contributed by atoms with Crippen molar-refractivity contribution in [2.45, 2.75) is 38.9 Å². The molecular weight excluding hydrogens is 845 g/mol. The summed E-state index contributed by atoms with van der Waals surface area (Å²) in [6.45, 7) is 4.43. The van der Waals surface area contributed by atoms with E-state index in [0.717, 1.165) is 98.0 Å². The molecule has 0 radical (unpaired) electrons. The summed E-state index contributed by atoms with van der Waals surface area (Å²) >= 11 is 0. The fourth-order valence-corrected chi connectivity index (χ4v) is 10.2. The maximum Gasteiger partial charge on any atom is 0.119 e. The summed E-state index contributed by atoms with van der Waals surface area (Å²) < 4.78 is 0. The lowest BCUT2D eigenvalue weighted by Gasteiger charge is -2.42. The van der Waals surface area contributed by atoms with E-state index in [9.17, 15) is 0 Å². The topological polar surface area (TPSA) is 75.1 Å². The second-order valence-corrected chi connectivity index (χ2v) is 17.2. The number of nitrogens with two attached hydrogens (primary N) is 1. The quantitative estimate of drug-likeness (QED) is 0.114. The van der Waals surface area contributed by atoms with Crippen molar-refractivity contribution in [2.24, 2.45) is 5.73 Å². The van der Waals surface area contributed by atoms with Gasteiger partial charge >= 0.3 is 0 Å². The third kappa shape index (κ3) is 7.94. The number of hydrogen-bond donors (Lipinski definition) is 4. The van der Waals surface area contributed by atoms with E-state index in [-0.39, 0.29) is 12.2 Å². The van der Waals surface area contributed by atoms with Crippen molar-refractivity contribution in [1.29, 1.82) is 0 Å². The van der Waals surface area contributed by atoms with Crippen LogP contribution < -0.4 is 41.3 Å². The lowest BCUT2D eigenvalue weighted by atomic mass is 9.92. The number of para-hydroxylation sites is 11. The third-order valence-electron chi connectivity index (χ3n) is 13.3. The SMILES string of the molecule is CC.NCC1NC(c2ccc(N3c4ccccc4N(c4ccccc4)c4ccccc43)cc2)=C(C2=CC=C(N3c4ccccc4N(c4ccccc4)c4ccccc43)CC2)NC1Nc1ccccc1. The molecule has 8 nitrogen and oxygen atoms in total. The maximum atomic E-state index is 6.59. The van der Waals surface area contributed by atoms with Gasteiger partial charge in [0.25, 0.3) is 0 Å². The minimum Gasteiger partial charge on any atom is -0.375 e. The van der Waals surface area contributed by atoms with Crippen molar-refractivity contribution >= 4 is 73.9 Å². The van der Waals surface area contributed by atoms with E-state index in [4.69, 9.17) is 5.73 Å². The molecule has 0 spiro atoms. The normalized spacial score (nSPS) is 16.8. The van der Waals surface area contributed by atoms with Crippen molar-refractivity contribution in [2.75, 3.05) is 31.5 Å². The van der Waals surface area contributed by atoms with Crippen LogP contribution in [-0.4, -0.2) is 18.8 Å². The van der Waals surface area contributed by atoms with Gasteiger partial charge in [0.05, 0.1) is 62.9 Å². The van der Waals surface area contributed by atoms with Crippen molar-refractivity contribution in [3.63, 3.8) is 0 Å². The van der Waals surface area contributed by atoms with Crippen LogP contribution in [0, 0.1) is 0 Å².